The summed E-state index contributed by atoms with van der Waals surface area (Å²) in [6, 6.07) is -1.03. The molecule has 0 rings (SSSR count). The maximum atomic E-state index is 12.0. The molecule has 0 bridgehead atoms. The molecular weight excluding hydrogens is 370 g/mol. The summed E-state index contributed by atoms with van der Waals surface area (Å²) in [5, 5.41) is 1.74. The molecule has 0 saturated carbocycles. The van der Waals surface area contributed by atoms with Crippen LogP contribution in [-0.2, 0) is 28.6 Å². The lowest BCUT2D eigenvalue weighted by molar-refractivity contribution is -0.155. The van der Waals surface area contributed by atoms with Gasteiger partial charge in [-0.1, -0.05) is 13.8 Å². The monoisotopic (exact) mass is 395 g/mol. The fourth-order valence-electron chi connectivity index (χ4n) is 1.24. The van der Waals surface area contributed by atoms with E-state index in [4.69, 9.17) is 14.2 Å². The van der Waals surface area contributed by atoms with Crippen molar-refractivity contribution in [2.24, 2.45) is 5.92 Å². The van der Waals surface area contributed by atoms with Gasteiger partial charge in [0.15, 0.2) is 0 Å². The zero-order valence-electron chi connectivity index (χ0n) is 15.0. The van der Waals surface area contributed by atoms with Crippen molar-refractivity contribution in [1.29, 1.82) is 0 Å². The molecule has 0 aliphatic heterocycles. The Morgan fingerprint density at radius 2 is 1.68 bits per heavy atom. The Morgan fingerprint density at radius 1 is 1.08 bits per heavy atom. The van der Waals surface area contributed by atoms with Crippen LogP contribution in [-0.4, -0.2) is 53.1 Å². The van der Waals surface area contributed by atoms with Gasteiger partial charge in [-0.15, -0.1) is 0 Å². The van der Waals surface area contributed by atoms with Gasteiger partial charge in [-0.25, -0.2) is 9.59 Å². The summed E-state index contributed by atoms with van der Waals surface area (Å²) in [6.45, 7) is 7.68. The van der Waals surface area contributed by atoms with Crippen molar-refractivity contribution in [3.05, 3.63) is 0 Å². The summed E-state index contributed by atoms with van der Waals surface area (Å²) < 4.78 is 13.3. The van der Waals surface area contributed by atoms with Gasteiger partial charge in [0, 0.05) is 5.75 Å². The normalized spacial score (nSPS) is 12.3. The number of carbonyl (C=O) groups is 4. The van der Waals surface area contributed by atoms with E-state index >= 15 is 0 Å². The van der Waals surface area contributed by atoms with Crippen LogP contribution in [0.4, 0.5) is 4.79 Å². The van der Waals surface area contributed by atoms with E-state index in [9.17, 15) is 19.2 Å². The van der Waals surface area contributed by atoms with Crippen LogP contribution in [0.15, 0.2) is 0 Å². The maximum Gasteiger partial charge on any atom is 0.370 e. The van der Waals surface area contributed by atoms with Crippen molar-refractivity contribution in [3.8, 4) is 0 Å². The molecule has 0 aliphatic carbocycles. The van der Waals surface area contributed by atoms with Crippen LogP contribution in [0.1, 0.15) is 34.6 Å². The summed E-state index contributed by atoms with van der Waals surface area (Å²) in [6.07, 6.45) is 0. The Labute approximate surface area is 157 Å². The topological polar surface area (TPSA) is 108 Å². The van der Waals surface area contributed by atoms with Crippen LogP contribution in [0.3, 0.4) is 0 Å². The number of hydrogen-bond acceptors (Lipinski definition) is 9. The molecule has 0 aromatic rings. The number of carbonyl (C=O) groups excluding carboxylic acids is 4. The largest absolute Gasteiger partial charge is 0.464 e. The lowest BCUT2D eigenvalue weighted by atomic mass is 10.2. The standard InChI is InChI=1S/C15H25NO7S2/c1-6-21-12(18)10(16-13(19)15(4,5)24)7-25-14(20)23-8-22-11(17)9(2)3/h9-10,24H,6-8H2,1-5H3,(H,16,19)/t10-/m0/s1. The number of thioether (sulfide) groups is 1. The van der Waals surface area contributed by atoms with Crippen LogP contribution >= 0.6 is 24.4 Å². The Balaban J connectivity index is 4.51. The van der Waals surface area contributed by atoms with Crippen molar-refractivity contribution < 1.29 is 33.4 Å². The molecule has 0 aromatic carbocycles. The van der Waals surface area contributed by atoms with E-state index in [-0.39, 0.29) is 18.3 Å². The average molecular weight is 395 g/mol. The number of hydrogen-bond donors (Lipinski definition) is 2. The highest BCUT2D eigenvalue weighted by Crippen LogP contribution is 2.14. The first kappa shape index (κ1) is 23.6. The van der Waals surface area contributed by atoms with Gasteiger partial charge in [-0.2, -0.15) is 12.6 Å². The van der Waals surface area contributed by atoms with E-state index in [1.54, 1.807) is 34.6 Å². The predicted molar refractivity (Wildman–Crippen MR) is 96.4 cm³/mol. The molecule has 0 unspecified atom stereocenters. The van der Waals surface area contributed by atoms with E-state index in [1.165, 1.54) is 0 Å². The van der Waals surface area contributed by atoms with E-state index in [1.807, 2.05) is 0 Å². The summed E-state index contributed by atoms with van der Waals surface area (Å²) >= 11 is 4.78. The van der Waals surface area contributed by atoms with Crippen LogP contribution in [0.25, 0.3) is 0 Å². The molecule has 1 N–H and O–H groups in total. The smallest absolute Gasteiger partial charge is 0.370 e. The Bertz CT molecular complexity index is 489. The molecule has 0 spiro atoms. The minimum atomic E-state index is -1.03. The number of esters is 2. The van der Waals surface area contributed by atoms with Crippen LogP contribution < -0.4 is 5.32 Å². The van der Waals surface area contributed by atoms with Gasteiger partial charge in [0.1, 0.15) is 6.04 Å². The summed E-state index contributed by atoms with van der Waals surface area (Å²) in [5.41, 5.74) is 0. The SMILES string of the molecule is CCOC(=O)[C@H](CSC(=O)OCOC(=O)C(C)C)NC(=O)C(C)(C)S. The van der Waals surface area contributed by atoms with Gasteiger partial charge >= 0.3 is 17.2 Å². The molecule has 8 nitrogen and oxygen atoms in total. The highest BCUT2D eigenvalue weighted by molar-refractivity contribution is 8.13. The van der Waals surface area contributed by atoms with Crippen LogP contribution in [0.5, 0.6) is 0 Å². The van der Waals surface area contributed by atoms with Crippen molar-refractivity contribution >= 4 is 47.5 Å². The lowest BCUT2D eigenvalue weighted by Gasteiger charge is -2.22. The zero-order chi connectivity index (χ0) is 19.6. The summed E-state index contributed by atoms with van der Waals surface area (Å²) in [4.78, 5) is 46.7. The van der Waals surface area contributed by atoms with Crippen molar-refractivity contribution in [2.45, 2.75) is 45.4 Å². The van der Waals surface area contributed by atoms with Crippen molar-refractivity contribution in [3.63, 3.8) is 0 Å². The number of ether oxygens (including phenoxy) is 3. The minimum Gasteiger partial charge on any atom is -0.464 e. The number of thiol groups is 1. The fraction of sp³-hybridized carbons (Fsp3) is 0.733. The second-order valence-corrected chi connectivity index (χ2v) is 7.85. The predicted octanol–water partition coefficient (Wildman–Crippen LogP) is 1.77. The highest BCUT2D eigenvalue weighted by atomic mass is 32.2. The van der Waals surface area contributed by atoms with Crippen molar-refractivity contribution in [2.75, 3.05) is 19.2 Å². The van der Waals surface area contributed by atoms with E-state index in [2.05, 4.69) is 17.9 Å². The van der Waals surface area contributed by atoms with E-state index < -0.39 is 40.7 Å². The molecule has 144 valence electrons. The quantitative estimate of drug-likeness (QED) is 0.345. The average Bonchev–Trinajstić information content (AvgIpc) is 2.49. The third-order valence-electron chi connectivity index (χ3n) is 2.65. The molecule has 0 aromatic heterocycles. The van der Waals surface area contributed by atoms with E-state index in [0.717, 1.165) is 0 Å². The molecule has 1 atom stereocenters. The molecular formula is C15H25NO7S2. The fourth-order valence-corrected chi connectivity index (χ4v) is 1.96. The van der Waals surface area contributed by atoms with Crippen LogP contribution in [0, 0.1) is 5.92 Å². The third-order valence-corrected chi connectivity index (χ3v) is 3.71. The first-order chi connectivity index (χ1) is 11.5. The number of amides is 1. The first-order valence-corrected chi connectivity index (χ1v) is 9.08. The molecule has 0 radical (unpaired) electrons. The molecule has 0 aliphatic rings. The second kappa shape index (κ2) is 11.2. The summed E-state index contributed by atoms with van der Waals surface area (Å²) in [7, 11) is 0. The Morgan fingerprint density at radius 3 is 2.16 bits per heavy atom. The van der Waals surface area contributed by atoms with Crippen LogP contribution in [0.2, 0.25) is 0 Å². The van der Waals surface area contributed by atoms with Gasteiger partial charge in [0.25, 0.3) is 0 Å². The van der Waals surface area contributed by atoms with Gasteiger partial charge in [0.05, 0.1) is 17.3 Å². The molecule has 1 amide bonds. The number of rotatable bonds is 9. The summed E-state index contributed by atoms with van der Waals surface area (Å²) in [5.74, 6) is -2.07. The van der Waals surface area contributed by atoms with Gasteiger partial charge in [-0.3, -0.25) is 9.59 Å². The molecule has 25 heavy (non-hydrogen) atoms. The van der Waals surface area contributed by atoms with Gasteiger partial charge in [-0.05, 0) is 32.5 Å². The molecule has 0 fully saturated rings. The minimum absolute atomic E-state index is 0.0919. The van der Waals surface area contributed by atoms with Gasteiger partial charge in [0.2, 0.25) is 12.7 Å². The Kier molecular flexibility index (Phi) is 10.6. The van der Waals surface area contributed by atoms with Gasteiger partial charge < -0.3 is 19.5 Å². The second-order valence-electron chi connectivity index (χ2n) is 5.78. The van der Waals surface area contributed by atoms with E-state index in [0.29, 0.717) is 11.8 Å². The Hall–Kier alpha value is -1.42. The molecule has 0 heterocycles. The lowest BCUT2D eigenvalue weighted by Crippen LogP contribution is -2.49. The first-order valence-electron chi connectivity index (χ1n) is 7.65. The zero-order valence-corrected chi connectivity index (χ0v) is 16.7. The number of nitrogens with one attached hydrogen (secondary N) is 1. The molecule has 10 heteroatoms. The highest BCUT2D eigenvalue weighted by Gasteiger charge is 2.30. The van der Waals surface area contributed by atoms with Crippen molar-refractivity contribution in [1.82, 2.24) is 5.32 Å². The maximum absolute atomic E-state index is 12.0. The third kappa shape index (κ3) is 10.2. The molecule has 0 saturated heterocycles.